The molecule has 0 atom stereocenters. The molecule has 2 N–H and O–H groups in total. The molecule has 4 rings (SSSR count). The van der Waals surface area contributed by atoms with Crippen LogP contribution in [0.25, 0.3) is 0 Å². The van der Waals surface area contributed by atoms with E-state index >= 15 is 0 Å². The van der Waals surface area contributed by atoms with Gasteiger partial charge in [-0.1, -0.05) is 48.0 Å². The van der Waals surface area contributed by atoms with Crippen molar-refractivity contribution in [2.75, 3.05) is 12.4 Å². The predicted octanol–water partition coefficient (Wildman–Crippen LogP) is 7.04. The van der Waals surface area contributed by atoms with Gasteiger partial charge in [-0.2, -0.15) is 0 Å². The van der Waals surface area contributed by atoms with Crippen LogP contribution in [0.1, 0.15) is 11.1 Å². The molecule has 4 aromatic carbocycles. The minimum absolute atomic E-state index is 0.190. The first kappa shape index (κ1) is 24.0. The summed E-state index contributed by atoms with van der Waals surface area (Å²) in [6.45, 7) is 0.669. The van der Waals surface area contributed by atoms with E-state index < -0.39 is 0 Å². The first-order valence-electron chi connectivity index (χ1n) is 11.0. The van der Waals surface area contributed by atoms with Crippen LogP contribution >= 0.6 is 11.6 Å². The van der Waals surface area contributed by atoms with Crippen molar-refractivity contribution >= 4 is 23.3 Å². The Morgan fingerprint density at radius 3 is 2.20 bits per heavy atom. The van der Waals surface area contributed by atoms with Crippen molar-refractivity contribution in [1.29, 1.82) is 0 Å². The predicted molar refractivity (Wildman–Crippen MR) is 138 cm³/mol. The Hall–Kier alpha value is -4.16. The van der Waals surface area contributed by atoms with E-state index in [1.165, 1.54) is 0 Å². The Morgan fingerprint density at radius 2 is 1.49 bits per heavy atom. The highest BCUT2D eigenvalue weighted by Gasteiger charge is 2.11. The zero-order chi connectivity index (χ0) is 24.5. The van der Waals surface area contributed by atoms with Crippen molar-refractivity contribution in [3.05, 3.63) is 113 Å². The quantitative estimate of drug-likeness (QED) is 0.265. The van der Waals surface area contributed by atoms with Crippen molar-refractivity contribution in [3.8, 4) is 23.0 Å². The summed E-state index contributed by atoms with van der Waals surface area (Å²) in [6, 6.07) is 29.3. The molecule has 0 fully saturated rings. The lowest BCUT2D eigenvalue weighted by Crippen LogP contribution is -2.28. The van der Waals surface area contributed by atoms with E-state index in [0.717, 1.165) is 17.1 Å². The molecule has 0 spiro atoms. The maximum Gasteiger partial charge on any atom is 0.319 e. The largest absolute Gasteiger partial charge is 0.497 e. The van der Waals surface area contributed by atoms with Gasteiger partial charge in [-0.05, 0) is 66.2 Å². The Morgan fingerprint density at radius 1 is 0.800 bits per heavy atom. The fourth-order valence-electron chi connectivity index (χ4n) is 3.30. The molecule has 0 radical (unpaired) electrons. The first-order chi connectivity index (χ1) is 17.1. The van der Waals surface area contributed by atoms with Gasteiger partial charge < -0.3 is 24.8 Å². The average Bonchev–Trinajstić information content (AvgIpc) is 2.89. The second-order valence-corrected chi connectivity index (χ2v) is 8.01. The molecule has 6 nitrogen and oxygen atoms in total. The lowest BCUT2D eigenvalue weighted by atomic mass is 10.2. The third-order valence-corrected chi connectivity index (χ3v) is 5.50. The molecule has 0 bridgehead atoms. The maximum absolute atomic E-state index is 12.5. The number of hydrogen-bond donors (Lipinski definition) is 2. The van der Waals surface area contributed by atoms with Crippen LogP contribution in [0.2, 0.25) is 5.02 Å². The number of ether oxygens (including phenoxy) is 3. The van der Waals surface area contributed by atoms with Crippen LogP contribution in [-0.2, 0) is 13.2 Å². The van der Waals surface area contributed by atoms with E-state index in [2.05, 4.69) is 10.6 Å². The molecule has 0 aliphatic heterocycles. The topological polar surface area (TPSA) is 68.8 Å². The SMILES string of the molecule is COc1ccc(Oc2cccc(Cl)c2CNC(=O)Nc2ccc(OCc3ccccc3)cc2)cc1. The van der Waals surface area contributed by atoms with Crippen LogP contribution in [0.3, 0.4) is 0 Å². The highest BCUT2D eigenvalue weighted by Crippen LogP contribution is 2.31. The third-order valence-electron chi connectivity index (χ3n) is 5.15. The van der Waals surface area contributed by atoms with E-state index in [-0.39, 0.29) is 12.6 Å². The van der Waals surface area contributed by atoms with Crippen LogP contribution in [0.5, 0.6) is 23.0 Å². The number of halogens is 1. The van der Waals surface area contributed by atoms with Gasteiger partial charge in [0.05, 0.1) is 7.11 Å². The van der Waals surface area contributed by atoms with Crippen molar-refractivity contribution in [2.45, 2.75) is 13.2 Å². The normalized spacial score (nSPS) is 10.3. The minimum Gasteiger partial charge on any atom is -0.497 e. The molecule has 2 amide bonds. The van der Waals surface area contributed by atoms with Crippen molar-refractivity contribution in [1.82, 2.24) is 5.32 Å². The van der Waals surface area contributed by atoms with E-state index in [1.54, 1.807) is 49.6 Å². The molecule has 0 aromatic heterocycles. The number of rotatable bonds is 9. The van der Waals surface area contributed by atoms with E-state index in [1.807, 2.05) is 54.6 Å². The van der Waals surface area contributed by atoms with Gasteiger partial charge in [0.1, 0.15) is 29.6 Å². The van der Waals surface area contributed by atoms with Crippen LogP contribution in [-0.4, -0.2) is 13.1 Å². The monoisotopic (exact) mass is 488 g/mol. The van der Waals surface area contributed by atoms with Gasteiger partial charge in [0.2, 0.25) is 0 Å². The number of nitrogens with one attached hydrogen (secondary N) is 2. The average molecular weight is 489 g/mol. The highest BCUT2D eigenvalue weighted by molar-refractivity contribution is 6.31. The number of methoxy groups -OCH3 is 1. The van der Waals surface area contributed by atoms with Gasteiger partial charge in [-0.25, -0.2) is 4.79 Å². The lowest BCUT2D eigenvalue weighted by molar-refractivity contribution is 0.251. The van der Waals surface area contributed by atoms with Gasteiger partial charge >= 0.3 is 6.03 Å². The molecule has 4 aromatic rings. The number of amides is 2. The van der Waals surface area contributed by atoms with Crippen LogP contribution in [0.15, 0.2) is 97.1 Å². The molecule has 0 heterocycles. The summed E-state index contributed by atoms with van der Waals surface area (Å²) in [5.41, 5.74) is 2.40. The number of benzene rings is 4. The molecule has 0 aliphatic carbocycles. The molecule has 35 heavy (non-hydrogen) atoms. The Balaban J connectivity index is 1.32. The van der Waals surface area contributed by atoms with Crippen LogP contribution < -0.4 is 24.8 Å². The maximum atomic E-state index is 12.5. The second-order valence-electron chi connectivity index (χ2n) is 7.60. The smallest absolute Gasteiger partial charge is 0.319 e. The molecule has 0 aliphatic rings. The van der Waals surface area contributed by atoms with Crippen molar-refractivity contribution < 1.29 is 19.0 Å². The van der Waals surface area contributed by atoms with Gasteiger partial charge in [0, 0.05) is 22.8 Å². The summed E-state index contributed by atoms with van der Waals surface area (Å²) in [7, 11) is 1.61. The van der Waals surface area contributed by atoms with E-state index in [0.29, 0.717) is 34.4 Å². The first-order valence-corrected chi connectivity index (χ1v) is 11.4. The van der Waals surface area contributed by atoms with Crippen LogP contribution in [0.4, 0.5) is 10.5 Å². The lowest BCUT2D eigenvalue weighted by Gasteiger charge is -2.14. The van der Waals surface area contributed by atoms with E-state index in [4.69, 9.17) is 25.8 Å². The molecular weight excluding hydrogens is 464 g/mol. The number of anilines is 1. The molecule has 0 saturated heterocycles. The Bertz CT molecular complexity index is 1250. The summed E-state index contributed by atoms with van der Waals surface area (Å²) in [6.07, 6.45) is 0. The molecule has 178 valence electrons. The summed E-state index contributed by atoms with van der Waals surface area (Å²) >= 11 is 6.39. The Kier molecular flexibility index (Phi) is 8.09. The van der Waals surface area contributed by atoms with Gasteiger partial charge in [-0.15, -0.1) is 0 Å². The number of hydrogen-bond acceptors (Lipinski definition) is 4. The number of urea groups is 1. The second kappa shape index (κ2) is 11.8. The summed E-state index contributed by atoms with van der Waals surface area (Å²) in [5.74, 6) is 2.64. The summed E-state index contributed by atoms with van der Waals surface area (Å²) in [4.78, 5) is 12.5. The minimum atomic E-state index is -0.363. The molecule has 7 heteroatoms. The summed E-state index contributed by atoms with van der Waals surface area (Å²) < 4.78 is 16.9. The third kappa shape index (κ3) is 6.91. The molecule has 0 saturated carbocycles. The van der Waals surface area contributed by atoms with Gasteiger partial charge in [-0.3, -0.25) is 0 Å². The summed E-state index contributed by atoms with van der Waals surface area (Å²) in [5, 5.41) is 6.14. The highest BCUT2D eigenvalue weighted by atomic mass is 35.5. The zero-order valence-electron chi connectivity index (χ0n) is 19.2. The van der Waals surface area contributed by atoms with Crippen molar-refractivity contribution in [3.63, 3.8) is 0 Å². The number of carbonyl (C=O) groups excluding carboxylic acids is 1. The molecular formula is C28H25ClN2O4. The van der Waals surface area contributed by atoms with Crippen molar-refractivity contribution in [2.24, 2.45) is 0 Å². The van der Waals surface area contributed by atoms with Gasteiger partial charge in [0.15, 0.2) is 0 Å². The fourth-order valence-corrected chi connectivity index (χ4v) is 3.53. The van der Waals surface area contributed by atoms with Crippen LogP contribution in [0, 0.1) is 0 Å². The number of carbonyl (C=O) groups is 1. The van der Waals surface area contributed by atoms with Gasteiger partial charge in [0.25, 0.3) is 0 Å². The molecule has 0 unspecified atom stereocenters. The fraction of sp³-hybridized carbons (Fsp3) is 0.107. The zero-order valence-corrected chi connectivity index (χ0v) is 19.9. The Labute approximate surface area is 209 Å². The standard InChI is InChI=1S/C28H25ClN2O4/c1-33-22-14-16-24(17-15-22)35-27-9-5-8-26(29)25(27)18-30-28(32)31-21-10-12-23(13-11-21)34-19-20-6-3-2-4-7-20/h2-17H,18-19H2,1H3,(H2,30,31,32). The van der Waals surface area contributed by atoms with E-state index in [9.17, 15) is 4.79 Å².